The summed E-state index contributed by atoms with van der Waals surface area (Å²) in [6.45, 7) is 24.6. The summed E-state index contributed by atoms with van der Waals surface area (Å²) >= 11 is 0. The fraction of sp³-hybridized carbons (Fsp3) is 0.871. The maximum Gasteiger partial charge on any atom is 0.292 e. The molecule has 0 saturated heterocycles. The Morgan fingerprint density at radius 1 is 0.900 bits per heavy atom. The van der Waals surface area contributed by atoms with Crippen LogP contribution in [0.25, 0.3) is 0 Å². The van der Waals surface area contributed by atoms with Crippen molar-refractivity contribution in [3.63, 3.8) is 0 Å². The van der Waals surface area contributed by atoms with Crippen LogP contribution >= 0.6 is 0 Å². The number of carbonyl (C=O) groups excluding carboxylic acids is 1. The third kappa shape index (κ3) is 17.3. The Bertz CT molecular complexity index is 783. The monoisotopic (exact) mass is 613 g/mol. The topological polar surface area (TPSA) is 66.4 Å². The Labute approximate surface area is 250 Å². The van der Waals surface area contributed by atoms with Gasteiger partial charge in [-0.15, -0.1) is 0 Å². The first kappa shape index (κ1) is 37.3. The fourth-order valence-electron chi connectivity index (χ4n) is 5.29. The first-order valence-corrected chi connectivity index (χ1v) is 26.2. The normalized spacial score (nSPS) is 22.3. The molecular weight excluding hydrogens is 551 g/mol. The zero-order chi connectivity index (χ0) is 30.4. The third-order valence-electron chi connectivity index (χ3n) is 6.76. The molecule has 0 unspecified atom stereocenters. The molecule has 1 saturated carbocycles. The highest BCUT2D eigenvalue weighted by Gasteiger charge is 2.42. The van der Waals surface area contributed by atoms with Gasteiger partial charge in [0.25, 0.3) is 5.97 Å². The van der Waals surface area contributed by atoms with Crippen LogP contribution in [0, 0.1) is 11.8 Å². The number of carbonyl (C=O) groups is 1. The second-order valence-corrected chi connectivity index (χ2v) is 27.7. The van der Waals surface area contributed by atoms with E-state index in [1.807, 2.05) is 6.92 Å². The van der Waals surface area contributed by atoms with E-state index in [1.54, 1.807) is 0 Å². The van der Waals surface area contributed by atoms with E-state index in [2.05, 4.69) is 83.2 Å². The summed E-state index contributed by atoms with van der Waals surface area (Å²) in [6, 6.07) is 0. The van der Waals surface area contributed by atoms with Gasteiger partial charge in [0.15, 0.2) is 16.6 Å². The van der Waals surface area contributed by atoms with E-state index in [9.17, 15) is 4.79 Å². The van der Waals surface area contributed by atoms with Crippen LogP contribution in [0.1, 0.15) is 84.5 Å². The first-order valence-electron chi connectivity index (χ1n) is 16.0. The predicted octanol–water partition coefficient (Wildman–Crippen LogP) is 9.31. The number of hydrogen-bond donors (Lipinski definition) is 0. The summed E-state index contributed by atoms with van der Waals surface area (Å²) in [5, 5.41) is 4.61. The Morgan fingerprint density at radius 3 is 2.15 bits per heavy atom. The van der Waals surface area contributed by atoms with Crippen LogP contribution in [0.2, 0.25) is 58.9 Å². The molecule has 0 aromatic heterocycles. The number of oxime groups is 1. The highest BCUT2D eigenvalue weighted by atomic mass is 28.4. The summed E-state index contributed by atoms with van der Waals surface area (Å²) in [6.07, 6.45) is 16.4. The minimum atomic E-state index is -1.80. The molecule has 0 amide bonds. The van der Waals surface area contributed by atoms with E-state index < -0.39 is 25.0 Å². The van der Waals surface area contributed by atoms with Gasteiger partial charge in [-0.3, -0.25) is 4.79 Å². The highest BCUT2D eigenvalue weighted by molar-refractivity contribution is 6.71. The Balaban J connectivity index is 3.00. The average molecular weight is 614 g/mol. The minimum Gasteiger partial charge on any atom is -0.520 e. The maximum absolute atomic E-state index is 12.1. The summed E-state index contributed by atoms with van der Waals surface area (Å²) in [5.41, 5.74) is 1.15. The molecule has 4 atom stereocenters. The standard InChI is InChI=1S/C31H63NO5Si3/c1-12-14-17-20-26(35-38(3,4)5)23-24-28-27(21-18-15-16-19-22-31(33)37-40(9,10)11)29(32-34-13-2)25-30(28)36-39(6,7)8/h23-24,26-28,30H,12-22,25H2,1-11H3/b24-23+,32-29-/t26-,27-,28+,30+/m0/s1. The molecule has 0 aliphatic heterocycles. The Morgan fingerprint density at radius 2 is 1.57 bits per heavy atom. The predicted molar refractivity (Wildman–Crippen MR) is 178 cm³/mol. The molecule has 0 bridgehead atoms. The lowest BCUT2D eigenvalue weighted by Gasteiger charge is -2.29. The molecule has 0 radical (unpaired) electrons. The molecule has 0 aromatic carbocycles. The lowest BCUT2D eigenvalue weighted by molar-refractivity contribution is -0.135. The zero-order valence-electron chi connectivity index (χ0n) is 27.9. The largest absolute Gasteiger partial charge is 0.520 e. The lowest BCUT2D eigenvalue weighted by Crippen LogP contribution is -2.35. The quantitative estimate of drug-likeness (QED) is 0.0592. The van der Waals surface area contributed by atoms with Crippen molar-refractivity contribution in [1.82, 2.24) is 0 Å². The third-order valence-corrected chi connectivity index (χ3v) is 9.62. The van der Waals surface area contributed by atoms with Gasteiger partial charge in [-0.1, -0.05) is 62.8 Å². The molecule has 9 heteroatoms. The number of hydrogen-bond acceptors (Lipinski definition) is 6. The van der Waals surface area contributed by atoms with Gasteiger partial charge in [-0.05, 0) is 85.1 Å². The van der Waals surface area contributed by atoms with E-state index in [-0.39, 0.29) is 24.1 Å². The minimum absolute atomic E-state index is 0.0355. The van der Waals surface area contributed by atoms with Crippen molar-refractivity contribution < 1.29 is 22.9 Å². The van der Waals surface area contributed by atoms with Crippen molar-refractivity contribution in [3.05, 3.63) is 12.2 Å². The van der Waals surface area contributed by atoms with Crippen LogP contribution in [0.3, 0.4) is 0 Å². The van der Waals surface area contributed by atoms with E-state index in [0.717, 1.165) is 50.7 Å². The molecule has 1 fully saturated rings. The molecule has 40 heavy (non-hydrogen) atoms. The van der Waals surface area contributed by atoms with Crippen molar-refractivity contribution >= 4 is 36.6 Å². The van der Waals surface area contributed by atoms with Gasteiger partial charge in [0.2, 0.25) is 8.32 Å². The van der Waals surface area contributed by atoms with Gasteiger partial charge in [-0.2, -0.15) is 0 Å². The van der Waals surface area contributed by atoms with Gasteiger partial charge in [0.05, 0.1) is 17.9 Å². The van der Waals surface area contributed by atoms with Gasteiger partial charge in [0, 0.05) is 24.7 Å². The number of nitrogens with zero attached hydrogens (tertiary/aromatic N) is 1. The van der Waals surface area contributed by atoms with Crippen LogP contribution in [0.5, 0.6) is 0 Å². The molecule has 0 aromatic rings. The maximum atomic E-state index is 12.1. The number of unbranched alkanes of at least 4 members (excludes halogenated alkanes) is 5. The van der Waals surface area contributed by atoms with Gasteiger partial charge in [-0.25, -0.2) is 0 Å². The van der Waals surface area contributed by atoms with Crippen molar-refractivity contribution in [2.24, 2.45) is 17.0 Å². The molecule has 6 nitrogen and oxygen atoms in total. The molecule has 0 N–H and O–H groups in total. The SMILES string of the molecule is CCCCC[C@@H](/C=C/[C@@H]1[C@H](CCCCCCC(=O)O[Si](C)(C)C)/C(=N\OCC)C[C@H]1O[Si](C)(C)C)O[Si](C)(C)C. The van der Waals surface area contributed by atoms with Crippen molar-refractivity contribution in [2.45, 2.75) is 156 Å². The fourth-order valence-corrected chi connectivity index (χ4v) is 8.33. The van der Waals surface area contributed by atoms with Crippen LogP contribution < -0.4 is 0 Å². The van der Waals surface area contributed by atoms with Gasteiger partial charge in [0.1, 0.15) is 6.61 Å². The summed E-state index contributed by atoms with van der Waals surface area (Å²) in [4.78, 5) is 17.7. The first-order chi connectivity index (χ1) is 18.5. The van der Waals surface area contributed by atoms with E-state index in [4.69, 9.17) is 18.1 Å². The molecule has 1 aliphatic carbocycles. The molecule has 1 aliphatic rings. The molecule has 234 valence electrons. The molecule has 0 heterocycles. The Kier molecular flexibility index (Phi) is 16.8. The lowest BCUT2D eigenvalue weighted by atomic mass is 9.88. The second kappa shape index (κ2) is 18.0. The highest BCUT2D eigenvalue weighted by Crippen LogP contribution is 2.39. The Hall–Kier alpha value is -0.749. The number of rotatable bonds is 20. The second-order valence-electron chi connectivity index (χ2n) is 14.3. The molecule has 1 rings (SSSR count). The van der Waals surface area contributed by atoms with E-state index in [1.165, 1.54) is 19.3 Å². The van der Waals surface area contributed by atoms with Gasteiger partial charge < -0.3 is 18.1 Å². The zero-order valence-corrected chi connectivity index (χ0v) is 30.9. The van der Waals surface area contributed by atoms with Crippen molar-refractivity contribution in [3.8, 4) is 0 Å². The van der Waals surface area contributed by atoms with Crippen LogP contribution in [-0.2, 0) is 22.9 Å². The van der Waals surface area contributed by atoms with E-state index in [0.29, 0.717) is 18.9 Å². The smallest absolute Gasteiger partial charge is 0.292 e. The van der Waals surface area contributed by atoms with Crippen molar-refractivity contribution in [1.29, 1.82) is 0 Å². The van der Waals surface area contributed by atoms with Crippen LogP contribution in [-0.4, -0.2) is 55.4 Å². The summed E-state index contributed by atoms with van der Waals surface area (Å²) in [5.74, 6) is 0.549. The van der Waals surface area contributed by atoms with Gasteiger partial charge >= 0.3 is 0 Å². The molecular formula is C31H63NO5Si3. The summed E-state index contributed by atoms with van der Waals surface area (Å²) in [7, 11) is -5.21. The molecule has 0 spiro atoms. The van der Waals surface area contributed by atoms with Crippen LogP contribution in [0.15, 0.2) is 17.3 Å². The van der Waals surface area contributed by atoms with Crippen LogP contribution in [0.4, 0.5) is 0 Å². The van der Waals surface area contributed by atoms with E-state index >= 15 is 0 Å². The summed E-state index contributed by atoms with van der Waals surface area (Å²) < 4.78 is 19.0. The van der Waals surface area contributed by atoms with Crippen molar-refractivity contribution in [2.75, 3.05) is 6.61 Å². The average Bonchev–Trinajstić information content (AvgIpc) is 3.10.